The van der Waals surface area contributed by atoms with Gasteiger partial charge in [0, 0.05) is 18.8 Å². The summed E-state index contributed by atoms with van der Waals surface area (Å²) in [5, 5.41) is 25.6. The minimum Gasteiger partial charge on any atom is -0.508 e. The summed E-state index contributed by atoms with van der Waals surface area (Å²) in [7, 11) is 0. The average Bonchev–Trinajstić information content (AvgIpc) is 2.78. The highest BCUT2D eigenvalue weighted by molar-refractivity contribution is 6.03. The van der Waals surface area contributed by atoms with E-state index in [4.69, 9.17) is 0 Å². The SMILES string of the molecule is O=C(N=NC1=C(O)C2NCCNC2C1=O)Nc1ccccc1. The first-order chi connectivity index (χ1) is 10.7. The molecule has 0 aromatic heterocycles. The van der Waals surface area contributed by atoms with Crippen molar-refractivity contribution < 1.29 is 14.7 Å². The molecule has 0 spiro atoms. The molecule has 114 valence electrons. The molecule has 1 heterocycles. The van der Waals surface area contributed by atoms with Gasteiger partial charge < -0.3 is 21.1 Å². The second-order valence-corrected chi connectivity index (χ2v) is 4.96. The summed E-state index contributed by atoms with van der Waals surface area (Å²) in [4.78, 5) is 23.8. The van der Waals surface area contributed by atoms with E-state index in [1.165, 1.54) is 0 Å². The standard InChI is InChI=1S/C14H15N5O3/c20-12-9-10(16-7-6-15-9)13(21)11(12)18-19-14(22)17-8-4-2-1-3-5-8/h1-5,9-10,15-16,20H,6-7H2,(H,17,22). The second kappa shape index (κ2) is 6.04. The van der Waals surface area contributed by atoms with E-state index in [1.807, 2.05) is 6.07 Å². The van der Waals surface area contributed by atoms with Crippen LogP contribution in [0.25, 0.3) is 0 Å². The number of carbonyl (C=O) groups excluding carboxylic acids is 2. The molecule has 2 amide bonds. The summed E-state index contributed by atoms with van der Waals surface area (Å²) in [6, 6.07) is 6.98. The Kier molecular flexibility index (Phi) is 3.94. The Labute approximate surface area is 126 Å². The molecular formula is C14H15N5O3. The van der Waals surface area contributed by atoms with Crippen molar-refractivity contribution in [2.45, 2.75) is 12.1 Å². The average molecular weight is 301 g/mol. The molecule has 3 rings (SSSR count). The third-order valence-corrected chi connectivity index (χ3v) is 3.51. The zero-order valence-corrected chi connectivity index (χ0v) is 11.6. The van der Waals surface area contributed by atoms with Gasteiger partial charge in [0.05, 0.1) is 12.1 Å². The smallest absolute Gasteiger partial charge is 0.364 e. The van der Waals surface area contributed by atoms with Gasteiger partial charge in [0.1, 0.15) is 5.76 Å². The van der Waals surface area contributed by atoms with Crippen molar-refractivity contribution >= 4 is 17.5 Å². The van der Waals surface area contributed by atoms with Crippen LogP contribution in [0.3, 0.4) is 0 Å². The van der Waals surface area contributed by atoms with Gasteiger partial charge >= 0.3 is 6.03 Å². The predicted molar refractivity (Wildman–Crippen MR) is 78.6 cm³/mol. The van der Waals surface area contributed by atoms with Crippen molar-refractivity contribution in [3.05, 3.63) is 41.8 Å². The second-order valence-electron chi connectivity index (χ2n) is 4.96. The molecule has 8 nitrogen and oxygen atoms in total. The monoisotopic (exact) mass is 301 g/mol. The lowest BCUT2D eigenvalue weighted by molar-refractivity contribution is -0.117. The normalized spacial score (nSPS) is 24.6. The maximum absolute atomic E-state index is 12.1. The zero-order chi connectivity index (χ0) is 15.5. The van der Waals surface area contributed by atoms with Crippen LogP contribution >= 0.6 is 0 Å². The summed E-state index contributed by atoms with van der Waals surface area (Å²) in [6.07, 6.45) is 0. The Balaban J connectivity index is 1.70. The molecule has 1 aliphatic carbocycles. The van der Waals surface area contributed by atoms with Crippen LogP contribution < -0.4 is 16.0 Å². The third kappa shape index (κ3) is 2.74. The number of nitrogens with zero attached hydrogens (tertiary/aromatic N) is 2. The number of piperazine rings is 1. The molecule has 1 aliphatic heterocycles. The first-order valence-corrected chi connectivity index (χ1v) is 6.88. The molecule has 0 saturated carbocycles. The molecule has 1 aromatic carbocycles. The zero-order valence-electron chi connectivity index (χ0n) is 11.6. The number of rotatable bonds is 2. The molecule has 2 aliphatic rings. The summed E-state index contributed by atoms with van der Waals surface area (Å²) < 4.78 is 0. The number of amides is 2. The number of urea groups is 1. The van der Waals surface area contributed by atoms with Crippen molar-refractivity contribution in [2.24, 2.45) is 10.2 Å². The maximum Gasteiger partial charge on any atom is 0.364 e. The van der Waals surface area contributed by atoms with Gasteiger partial charge in [0.2, 0.25) is 5.78 Å². The molecule has 1 saturated heterocycles. The summed E-state index contributed by atoms with van der Waals surface area (Å²) >= 11 is 0. The van der Waals surface area contributed by atoms with Gasteiger partial charge in [0.25, 0.3) is 0 Å². The fourth-order valence-corrected chi connectivity index (χ4v) is 2.48. The Morgan fingerprint density at radius 1 is 1.18 bits per heavy atom. The van der Waals surface area contributed by atoms with E-state index in [-0.39, 0.29) is 17.2 Å². The van der Waals surface area contributed by atoms with Crippen molar-refractivity contribution in [1.82, 2.24) is 10.6 Å². The molecule has 2 unspecified atom stereocenters. The number of anilines is 1. The van der Waals surface area contributed by atoms with Crippen molar-refractivity contribution in [1.29, 1.82) is 0 Å². The molecule has 1 aromatic rings. The van der Waals surface area contributed by atoms with Crippen LogP contribution in [0, 0.1) is 0 Å². The largest absolute Gasteiger partial charge is 0.508 e. The number of Topliss-reactive ketones (excluding diaryl/α,β-unsaturated/α-hetero) is 1. The summed E-state index contributed by atoms with van der Waals surface area (Å²) in [6.45, 7) is 1.26. The fraction of sp³-hybridized carbons (Fsp3) is 0.286. The molecule has 1 fully saturated rings. The van der Waals surface area contributed by atoms with Gasteiger partial charge in [-0.15, -0.1) is 5.11 Å². The number of aliphatic hydroxyl groups excluding tert-OH is 1. The summed E-state index contributed by atoms with van der Waals surface area (Å²) in [5.41, 5.74) is 0.388. The quantitative estimate of drug-likeness (QED) is 0.607. The van der Waals surface area contributed by atoms with Crippen LogP contribution in [0.1, 0.15) is 0 Å². The van der Waals surface area contributed by atoms with E-state index in [0.29, 0.717) is 18.8 Å². The topological polar surface area (TPSA) is 115 Å². The summed E-state index contributed by atoms with van der Waals surface area (Å²) in [5.74, 6) is -0.551. The van der Waals surface area contributed by atoms with Crippen molar-refractivity contribution in [2.75, 3.05) is 18.4 Å². The van der Waals surface area contributed by atoms with Gasteiger partial charge in [-0.3, -0.25) is 4.79 Å². The molecule has 2 atom stereocenters. The molecular weight excluding hydrogens is 286 g/mol. The number of hydrogen-bond donors (Lipinski definition) is 4. The van der Waals surface area contributed by atoms with Crippen LogP contribution in [0.5, 0.6) is 0 Å². The Morgan fingerprint density at radius 3 is 2.55 bits per heavy atom. The van der Waals surface area contributed by atoms with Crippen LogP contribution in [0.4, 0.5) is 10.5 Å². The Hall–Kier alpha value is -2.58. The van der Waals surface area contributed by atoms with Crippen molar-refractivity contribution in [3.8, 4) is 0 Å². The van der Waals surface area contributed by atoms with Crippen LogP contribution in [-0.4, -0.2) is 42.1 Å². The number of carbonyl (C=O) groups is 2. The van der Waals surface area contributed by atoms with Gasteiger partial charge in [-0.05, 0) is 12.1 Å². The lowest BCUT2D eigenvalue weighted by atomic mass is 10.1. The third-order valence-electron chi connectivity index (χ3n) is 3.51. The van der Waals surface area contributed by atoms with Crippen molar-refractivity contribution in [3.63, 3.8) is 0 Å². The highest BCUT2D eigenvalue weighted by Crippen LogP contribution is 2.24. The molecule has 0 radical (unpaired) electrons. The number of nitrogens with one attached hydrogen (secondary N) is 3. The highest BCUT2D eigenvalue weighted by atomic mass is 16.3. The fourth-order valence-electron chi connectivity index (χ4n) is 2.48. The van der Waals surface area contributed by atoms with Gasteiger partial charge in [-0.25, -0.2) is 4.79 Å². The van der Waals surface area contributed by atoms with Gasteiger partial charge in [0.15, 0.2) is 5.70 Å². The van der Waals surface area contributed by atoms with E-state index in [2.05, 4.69) is 26.2 Å². The first-order valence-electron chi connectivity index (χ1n) is 6.88. The van der Waals surface area contributed by atoms with E-state index in [9.17, 15) is 14.7 Å². The van der Waals surface area contributed by atoms with Crippen LogP contribution in [0.15, 0.2) is 52.0 Å². The number of ketones is 1. The maximum atomic E-state index is 12.1. The van der Waals surface area contributed by atoms with E-state index in [0.717, 1.165) is 0 Å². The number of fused-ring (bicyclic) bond motifs is 1. The highest BCUT2D eigenvalue weighted by Gasteiger charge is 2.44. The Morgan fingerprint density at radius 2 is 1.86 bits per heavy atom. The van der Waals surface area contributed by atoms with E-state index < -0.39 is 18.1 Å². The van der Waals surface area contributed by atoms with Crippen LogP contribution in [-0.2, 0) is 4.79 Å². The van der Waals surface area contributed by atoms with Gasteiger partial charge in [-0.1, -0.05) is 23.3 Å². The lowest BCUT2D eigenvalue weighted by Gasteiger charge is -2.26. The minimum absolute atomic E-state index is 0.180. The Bertz CT molecular complexity index is 656. The number of aliphatic hydroxyl groups is 1. The molecule has 4 N–H and O–H groups in total. The number of hydrogen-bond acceptors (Lipinski definition) is 6. The van der Waals surface area contributed by atoms with E-state index in [1.54, 1.807) is 24.3 Å². The number of para-hydroxylation sites is 1. The molecule has 0 bridgehead atoms. The van der Waals surface area contributed by atoms with Gasteiger partial charge in [-0.2, -0.15) is 0 Å². The van der Waals surface area contributed by atoms with E-state index >= 15 is 0 Å². The minimum atomic E-state index is -0.713. The first kappa shape index (κ1) is 14.4. The number of benzene rings is 1. The molecule has 8 heteroatoms. The van der Waals surface area contributed by atoms with Crippen LogP contribution in [0.2, 0.25) is 0 Å². The number of azo groups is 1. The predicted octanol–water partition coefficient (Wildman–Crippen LogP) is 0.953. The lowest BCUT2D eigenvalue weighted by Crippen LogP contribution is -2.56. The molecule has 22 heavy (non-hydrogen) atoms.